The lowest BCUT2D eigenvalue weighted by Gasteiger charge is -2.32. The molecule has 3 N–H and O–H groups in total. The molecule has 2 saturated heterocycles. The molecule has 304 valence electrons. The summed E-state index contributed by atoms with van der Waals surface area (Å²) in [5, 5.41) is 14.0. The maximum atomic E-state index is 13.3. The van der Waals surface area contributed by atoms with Gasteiger partial charge in [0.2, 0.25) is 11.8 Å². The number of alkyl halides is 3. The second kappa shape index (κ2) is 16.8. The lowest BCUT2D eigenvalue weighted by atomic mass is 9.83. The number of aliphatic carboxylic acids is 1. The highest BCUT2D eigenvalue weighted by Crippen LogP contribution is 2.54. The van der Waals surface area contributed by atoms with Crippen molar-refractivity contribution in [1.29, 1.82) is 0 Å². The van der Waals surface area contributed by atoms with Crippen molar-refractivity contribution in [1.82, 2.24) is 20.4 Å². The molecule has 3 saturated carbocycles. The molecule has 0 radical (unpaired) electrons. The van der Waals surface area contributed by atoms with Crippen LogP contribution >= 0.6 is 0 Å². The minimum Gasteiger partial charge on any atom is -0.475 e. The van der Waals surface area contributed by atoms with E-state index in [2.05, 4.69) is 69.0 Å². The third-order valence-corrected chi connectivity index (χ3v) is 14.9. The van der Waals surface area contributed by atoms with E-state index in [0.717, 1.165) is 56.8 Å². The molecule has 0 aromatic heterocycles. The summed E-state index contributed by atoms with van der Waals surface area (Å²) >= 11 is 0. The van der Waals surface area contributed by atoms with Gasteiger partial charge in [-0.25, -0.2) is 4.79 Å². The summed E-state index contributed by atoms with van der Waals surface area (Å²) < 4.78 is 31.7. The van der Waals surface area contributed by atoms with Gasteiger partial charge in [0.05, 0.1) is 0 Å². The van der Waals surface area contributed by atoms with Gasteiger partial charge in [-0.15, -0.1) is 0 Å². The number of carboxylic acids is 1. The predicted molar refractivity (Wildman–Crippen MR) is 207 cm³/mol. The van der Waals surface area contributed by atoms with Crippen molar-refractivity contribution < 1.29 is 32.7 Å². The van der Waals surface area contributed by atoms with Gasteiger partial charge in [0, 0.05) is 48.1 Å². The number of nitrogens with zero attached hydrogens (tertiary/aromatic N) is 2. The number of carbonyl (C=O) groups excluding carboxylic acids is 2. The van der Waals surface area contributed by atoms with E-state index in [-0.39, 0.29) is 23.7 Å². The second-order valence-corrected chi connectivity index (χ2v) is 18.0. The fourth-order valence-electron chi connectivity index (χ4n) is 11.9. The molecule has 6 atom stereocenters. The molecule has 4 bridgehead atoms. The van der Waals surface area contributed by atoms with Gasteiger partial charge in [0.1, 0.15) is 0 Å². The minimum absolute atomic E-state index is 0.00324. The largest absolute Gasteiger partial charge is 0.490 e. The van der Waals surface area contributed by atoms with E-state index in [0.29, 0.717) is 36.3 Å². The second-order valence-electron chi connectivity index (χ2n) is 18.0. The van der Waals surface area contributed by atoms with Crippen molar-refractivity contribution in [2.45, 2.75) is 152 Å². The van der Waals surface area contributed by atoms with Crippen LogP contribution in [0, 0.1) is 23.7 Å². The molecule has 2 amide bonds. The Morgan fingerprint density at radius 2 is 0.875 bits per heavy atom. The Kier molecular flexibility index (Phi) is 11.8. The van der Waals surface area contributed by atoms with Crippen LogP contribution in [0.5, 0.6) is 0 Å². The first-order valence-corrected chi connectivity index (χ1v) is 21.6. The van der Waals surface area contributed by atoms with Crippen LogP contribution in [0.25, 0.3) is 0 Å². The van der Waals surface area contributed by atoms with Gasteiger partial charge in [-0.05, 0) is 156 Å². The van der Waals surface area contributed by atoms with Crippen LogP contribution in [-0.2, 0) is 14.4 Å². The lowest BCUT2D eigenvalue weighted by Crippen LogP contribution is -2.42. The molecule has 7 aliphatic rings. The third-order valence-electron chi connectivity index (χ3n) is 14.9. The molecule has 8 nitrogen and oxygen atoms in total. The van der Waals surface area contributed by atoms with E-state index >= 15 is 0 Å². The van der Waals surface area contributed by atoms with Gasteiger partial charge in [-0.2, -0.15) is 13.2 Å². The monoisotopic (exact) mass is 776 g/mol. The van der Waals surface area contributed by atoms with Crippen molar-refractivity contribution in [3.05, 3.63) is 70.8 Å². The van der Waals surface area contributed by atoms with Crippen molar-refractivity contribution in [2.24, 2.45) is 23.7 Å². The molecule has 2 aromatic rings. The van der Waals surface area contributed by atoms with Crippen LogP contribution in [0.2, 0.25) is 0 Å². The number of nitrogens with one attached hydrogen (secondary N) is 2. The highest BCUT2D eigenvalue weighted by Gasteiger charge is 2.45. The quantitative estimate of drug-likeness (QED) is 0.223. The fraction of sp³-hybridized carbons (Fsp3) is 0.667. The van der Waals surface area contributed by atoms with E-state index in [9.17, 15) is 22.8 Å². The van der Waals surface area contributed by atoms with Gasteiger partial charge < -0.3 is 15.7 Å². The normalized spacial score (nSPS) is 33.3. The van der Waals surface area contributed by atoms with Crippen LogP contribution in [-0.4, -0.2) is 64.0 Å². The summed E-state index contributed by atoms with van der Waals surface area (Å²) in [5.74, 6) is -0.771. The topological polar surface area (TPSA) is 102 Å². The maximum absolute atomic E-state index is 13.3. The lowest BCUT2D eigenvalue weighted by molar-refractivity contribution is -0.192. The van der Waals surface area contributed by atoms with E-state index in [4.69, 9.17) is 9.90 Å². The number of carbonyl (C=O) groups is 3. The zero-order valence-electron chi connectivity index (χ0n) is 32.5. The number of fused-ring (bicyclic) bond motifs is 10. The van der Waals surface area contributed by atoms with Crippen LogP contribution in [0.4, 0.5) is 13.2 Å². The Labute approximate surface area is 329 Å². The molecule has 11 heteroatoms. The van der Waals surface area contributed by atoms with Gasteiger partial charge >= 0.3 is 12.1 Å². The van der Waals surface area contributed by atoms with Gasteiger partial charge in [0.25, 0.3) is 0 Å². The number of hydrogen-bond donors (Lipinski definition) is 3. The first-order chi connectivity index (χ1) is 27.0. The maximum Gasteiger partial charge on any atom is 0.490 e. The molecule has 4 heterocycles. The molecule has 56 heavy (non-hydrogen) atoms. The SMILES string of the molecule is O=C(N[C@H]1CC[C@H](CCN2[C@@H]3CC[C@H]2c2ccccc23)CC1)C1CCC(C(=O)N[C@H]2CC[C@H](CCN3[C@@H]4CC[C@H]3c3ccccc34)CC2)C1.O=C(O)C(F)(F)F. The number of halogens is 3. The summed E-state index contributed by atoms with van der Waals surface area (Å²) in [6.45, 7) is 2.43. The van der Waals surface area contributed by atoms with Crippen molar-refractivity contribution in [3.8, 4) is 0 Å². The number of amides is 2. The Balaban J connectivity index is 0.000000579. The number of hydrogen-bond acceptors (Lipinski definition) is 5. The van der Waals surface area contributed by atoms with Crippen LogP contribution in [0.15, 0.2) is 48.5 Å². The summed E-state index contributed by atoms with van der Waals surface area (Å²) in [4.78, 5) is 41.0. The summed E-state index contributed by atoms with van der Waals surface area (Å²) in [5.41, 5.74) is 6.34. The zero-order valence-corrected chi connectivity index (χ0v) is 32.5. The first-order valence-electron chi connectivity index (χ1n) is 21.6. The molecule has 2 aromatic carbocycles. The average Bonchev–Trinajstić information content (AvgIpc) is 4.04. The van der Waals surface area contributed by atoms with E-state index in [1.165, 1.54) is 77.3 Å². The Morgan fingerprint density at radius 3 is 1.18 bits per heavy atom. The number of benzene rings is 2. The van der Waals surface area contributed by atoms with Crippen LogP contribution < -0.4 is 10.6 Å². The third kappa shape index (κ3) is 8.40. The van der Waals surface area contributed by atoms with Crippen molar-refractivity contribution in [3.63, 3.8) is 0 Å². The Morgan fingerprint density at radius 1 is 0.554 bits per heavy atom. The number of rotatable bonds is 10. The van der Waals surface area contributed by atoms with Gasteiger partial charge in [-0.3, -0.25) is 19.4 Å². The Hall–Kier alpha value is -3.44. The van der Waals surface area contributed by atoms with Gasteiger partial charge in [0.15, 0.2) is 0 Å². The molecule has 2 unspecified atom stereocenters. The summed E-state index contributed by atoms with van der Waals surface area (Å²) in [6.07, 6.45) is 14.6. The van der Waals surface area contributed by atoms with E-state index in [1.54, 1.807) is 22.3 Å². The molecule has 0 spiro atoms. The first kappa shape index (κ1) is 39.4. The van der Waals surface area contributed by atoms with E-state index in [1.807, 2.05) is 0 Å². The van der Waals surface area contributed by atoms with E-state index < -0.39 is 12.1 Å². The van der Waals surface area contributed by atoms with Gasteiger partial charge in [-0.1, -0.05) is 48.5 Å². The molecule has 5 fully saturated rings. The minimum atomic E-state index is -5.08. The fourth-order valence-corrected chi connectivity index (χ4v) is 11.9. The highest BCUT2D eigenvalue weighted by atomic mass is 19.4. The summed E-state index contributed by atoms with van der Waals surface area (Å²) in [6, 6.07) is 21.4. The number of carboxylic acid groups (broad SMARTS) is 1. The standard InChI is InChI=1S/C43H58N4O2.C2HF3O2/c48-42(44-32-15-9-28(10-16-32)23-25-46-38-19-20-39(46)35-6-2-1-5-34(35)38)30-13-14-31(27-30)43(49)45-33-17-11-29(12-18-33)24-26-47-40-21-22-41(47)37-8-4-3-7-36(37)40;3-2(4,5)1(6)7/h1-8,28-33,38-41H,9-27H2,(H,44,48)(H,45,49);(H,6,7)/t28-,29-,30?,31?,32-,33-,38-,39+,40-,41+;. The predicted octanol–water partition coefficient (Wildman–Crippen LogP) is 8.95. The zero-order chi connectivity index (χ0) is 39.0. The van der Waals surface area contributed by atoms with Crippen LogP contribution in [0.1, 0.15) is 156 Å². The molecule has 9 rings (SSSR count). The molecule has 3 aliphatic carbocycles. The highest BCUT2D eigenvalue weighted by molar-refractivity contribution is 5.83. The smallest absolute Gasteiger partial charge is 0.475 e. The summed E-state index contributed by atoms with van der Waals surface area (Å²) in [7, 11) is 0. The average molecular weight is 777 g/mol. The molecule has 4 aliphatic heterocycles. The molecular formula is C45H59F3N4O4. The van der Waals surface area contributed by atoms with Crippen molar-refractivity contribution in [2.75, 3.05) is 13.1 Å². The van der Waals surface area contributed by atoms with Crippen molar-refractivity contribution >= 4 is 17.8 Å². The molecular weight excluding hydrogens is 718 g/mol. The Bertz CT molecular complexity index is 1550. The van der Waals surface area contributed by atoms with Crippen LogP contribution in [0.3, 0.4) is 0 Å².